The van der Waals surface area contributed by atoms with Crippen molar-refractivity contribution in [2.45, 2.75) is 32.0 Å². The van der Waals surface area contributed by atoms with Gasteiger partial charge in [0, 0.05) is 24.4 Å². The van der Waals surface area contributed by atoms with Crippen LogP contribution in [0.1, 0.15) is 22.4 Å². The molecule has 0 atom stereocenters. The van der Waals surface area contributed by atoms with E-state index in [0.29, 0.717) is 6.42 Å². The number of benzene rings is 2. The van der Waals surface area contributed by atoms with Crippen LogP contribution in [0.15, 0.2) is 53.9 Å². The Morgan fingerprint density at radius 3 is 2.76 bits per heavy atom. The number of carbonyl (C=O) groups is 1. The highest BCUT2D eigenvalue weighted by molar-refractivity contribution is 7.10. The molecule has 3 aromatic rings. The molecule has 2 aromatic carbocycles. The van der Waals surface area contributed by atoms with E-state index in [1.54, 1.807) is 23.5 Å². The van der Waals surface area contributed by atoms with Crippen molar-refractivity contribution in [3.8, 4) is 11.5 Å². The van der Waals surface area contributed by atoms with E-state index in [-0.39, 0.29) is 23.8 Å². The maximum atomic E-state index is 12.7. The van der Waals surface area contributed by atoms with E-state index < -0.39 is 12.8 Å². The molecule has 5 nitrogen and oxygen atoms in total. The second-order valence-electron chi connectivity index (χ2n) is 7.99. The lowest BCUT2D eigenvalue weighted by Gasteiger charge is -2.30. The molecular weight excluding hydrogens is 465 g/mol. The van der Waals surface area contributed by atoms with Crippen LogP contribution in [0.2, 0.25) is 0 Å². The van der Waals surface area contributed by atoms with Gasteiger partial charge < -0.3 is 19.7 Å². The number of halogens is 3. The third-order valence-corrected chi connectivity index (χ3v) is 6.61. The maximum Gasteiger partial charge on any atom is 0.422 e. The molecule has 1 aliphatic rings. The Kier molecular flexibility index (Phi) is 7.31. The van der Waals surface area contributed by atoms with Crippen LogP contribution >= 0.6 is 11.3 Å². The average Bonchev–Trinajstić information content (AvgIpc) is 3.29. The normalized spacial score (nSPS) is 13.4. The molecule has 0 bridgehead atoms. The summed E-state index contributed by atoms with van der Waals surface area (Å²) in [6.45, 7) is 0.312. The van der Waals surface area contributed by atoms with Crippen LogP contribution in [0.25, 0.3) is 0 Å². The lowest BCUT2D eigenvalue weighted by atomic mass is 10.1. The molecular formula is C25H25F3N2O3S. The van der Waals surface area contributed by atoms with Gasteiger partial charge in [0.05, 0.1) is 18.5 Å². The minimum Gasteiger partial charge on any atom is -0.493 e. The molecule has 1 N–H and O–H groups in total. The SMILES string of the molecule is COc1cc(CCC(=O)Nc2ccccc2N2CCc3sccc3C2)ccc1OCC(F)(F)F. The third kappa shape index (κ3) is 6.02. The van der Waals surface area contributed by atoms with Crippen LogP contribution in [-0.2, 0) is 24.2 Å². The summed E-state index contributed by atoms with van der Waals surface area (Å²) in [5.74, 6) is 0.0692. The number of methoxy groups -OCH3 is 1. The molecule has 180 valence electrons. The first-order chi connectivity index (χ1) is 16.3. The van der Waals surface area contributed by atoms with Crippen LogP contribution in [0.4, 0.5) is 24.5 Å². The van der Waals surface area contributed by atoms with E-state index in [1.807, 2.05) is 24.3 Å². The van der Waals surface area contributed by atoms with Crippen LogP contribution in [0, 0.1) is 0 Å². The van der Waals surface area contributed by atoms with Gasteiger partial charge in [0.2, 0.25) is 5.91 Å². The topological polar surface area (TPSA) is 50.8 Å². The smallest absolute Gasteiger partial charge is 0.422 e. The van der Waals surface area contributed by atoms with Crippen molar-refractivity contribution in [3.05, 3.63) is 69.9 Å². The number of carbonyl (C=O) groups excluding carboxylic acids is 1. The van der Waals surface area contributed by atoms with Crippen molar-refractivity contribution in [1.29, 1.82) is 0 Å². The summed E-state index contributed by atoms with van der Waals surface area (Å²) < 4.78 is 47.3. The van der Waals surface area contributed by atoms with Crippen LogP contribution < -0.4 is 19.7 Å². The van der Waals surface area contributed by atoms with Gasteiger partial charge in [-0.25, -0.2) is 0 Å². The number of thiophene rings is 1. The summed E-state index contributed by atoms with van der Waals surface area (Å²) in [7, 11) is 1.36. The first-order valence-corrected chi connectivity index (χ1v) is 11.8. The number of nitrogens with zero attached hydrogens (tertiary/aromatic N) is 1. The minimum absolute atomic E-state index is 0.0114. The molecule has 0 spiro atoms. The van der Waals surface area contributed by atoms with Crippen molar-refractivity contribution in [1.82, 2.24) is 0 Å². The number of hydrogen-bond donors (Lipinski definition) is 1. The quantitative estimate of drug-likeness (QED) is 0.432. The number of ether oxygens (including phenoxy) is 2. The lowest BCUT2D eigenvalue weighted by Crippen LogP contribution is -2.30. The molecule has 0 saturated carbocycles. The average molecular weight is 491 g/mol. The van der Waals surface area contributed by atoms with Crippen molar-refractivity contribution >= 4 is 28.6 Å². The number of anilines is 2. The molecule has 1 amide bonds. The fourth-order valence-corrected chi connectivity index (χ4v) is 4.82. The van der Waals surface area contributed by atoms with Gasteiger partial charge in [-0.1, -0.05) is 18.2 Å². The molecule has 9 heteroatoms. The monoisotopic (exact) mass is 490 g/mol. The number of nitrogens with one attached hydrogen (secondary N) is 1. The summed E-state index contributed by atoms with van der Waals surface area (Å²) in [6.07, 6.45) is -2.82. The van der Waals surface area contributed by atoms with Crippen molar-refractivity contribution < 1.29 is 27.4 Å². The summed E-state index contributed by atoms with van der Waals surface area (Å²) in [5.41, 5.74) is 3.84. The summed E-state index contributed by atoms with van der Waals surface area (Å²) in [6, 6.07) is 14.6. The number of para-hydroxylation sites is 2. The number of amides is 1. The molecule has 4 rings (SSSR count). The van der Waals surface area contributed by atoms with Gasteiger partial charge in [0.15, 0.2) is 18.1 Å². The van der Waals surface area contributed by atoms with E-state index in [2.05, 4.69) is 21.7 Å². The Morgan fingerprint density at radius 1 is 1.15 bits per heavy atom. The second kappa shape index (κ2) is 10.4. The summed E-state index contributed by atoms with van der Waals surface area (Å²) >= 11 is 1.79. The molecule has 1 aromatic heterocycles. The Labute approximate surface area is 200 Å². The zero-order chi connectivity index (χ0) is 24.1. The highest BCUT2D eigenvalue weighted by Crippen LogP contribution is 2.33. The van der Waals surface area contributed by atoms with Gasteiger partial charge >= 0.3 is 6.18 Å². The summed E-state index contributed by atoms with van der Waals surface area (Å²) in [4.78, 5) is 16.4. The number of alkyl halides is 3. The molecule has 34 heavy (non-hydrogen) atoms. The van der Waals surface area contributed by atoms with Gasteiger partial charge in [0.1, 0.15) is 0 Å². The number of aryl methyl sites for hydroxylation is 1. The van der Waals surface area contributed by atoms with E-state index in [4.69, 9.17) is 9.47 Å². The van der Waals surface area contributed by atoms with Crippen LogP contribution in [0.5, 0.6) is 11.5 Å². The van der Waals surface area contributed by atoms with E-state index in [1.165, 1.54) is 23.6 Å². The second-order valence-corrected chi connectivity index (χ2v) is 9.00. The first-order valence-electron chi connectivity index (χ1n) is 10.9. The van der Waals surface area contributed by atoms with Gasteiger partial charge in [-0.15, -0.1) is 11.3 Å². The van der Waals surface area contributed by atoms with E-state index in [9.17, 15) is 18.0 Å². The molecule has 0 radical (unpaired) electrons. The Morgan fingerprint density at radius 2 is 1.97 bits per heavy atom. The Bertz CT molecular complexity index is 1150. The fourth-order valence-electron chi connectivity index (χ4n) is 3.93. The van der Waals surface area contributed by atoms with Crippen LogP contribution in [-0.4, -0.2) is 32.3 Å². The summed E-state index contributed by atoms with van der Waals surface area (Å²) in [5, 5.41) is 5.13. The molecule has 2 heterocycles. The number of fused-ring (bicyclic) bond motifs is 1. The van der Waals surface area contributed by atoms with Crippen LogP contribution in [0.3, 0.4) is 0 Å². The molecule has 0 unspecified atom stereocenters. The van der Waals surface area contributed by atoms with Gasteiger partial charge in [-0.05, 0) is 59.7 Å². The lowest BCUT2D eigenvalue weighted by molar-refractivity contribution is -0.153. The zero-order valence-electron chi connectivity index (χ0n) is 18.7. The maximum absolute atomic E-state index is 12.7. The molecule has 0 fully saturated rings. The van der Waals surface area contributed by atoms with Crippen molar-refractivity contribution in [2.75, 3.05) is 30.5 Å². The van der Waals surface area contributed by atoms with E-state index >= 15 is 0 Å². The fraction of sp³-hybridized carbons (Fsp3) is 0.320. The number of rotatable bonds is 8. The Hall–Kier alpha value is -3.20. The molecule has 1 aliphatic heterocycles. The van der Waals surface area contributed by atoms with Crippen molar-refractivity contribution in [3.63, 3.8) is 0 Å². The van der Waals surface area contributed by atoms with Crippen molar-refractivity contribution in [2.24, 2.45) is 0 Å². The largest absolute Gasteiger partial charge is 0.493 e. The van der Waals surface area contributed by atoms with E-state index in [0.717, 1.165) is 36.4 Å². The third-order valence-electron chi connectivity index (χ3n) is 5.59. The predicted molar refractivity (Wildman–Crippen MR) is 127 cm³/mol. The standard InChI is InChI=1S/C25H25F3N2O3S/c1-32-22-14-17(6-8-21(22)33-16-25(26,27)28)7-9-24(31)29-19-4-2-3-5-20(19)30-12-10-23-18(15-30)11-13-34-23/h2-6,8,11,13-14H,7,9-10,12,15-16H2,1H3,(H,29,31). The van der Waals surface area contributed by atoms with Gasteiger partial charge in [-0.2, -0.15) is 13.2 Å². The minimum atomic E-state index is -4.43. The molecule has 0 aliphatic carbocycles. The number of hydrogen-bond acceptors (Lipinski definition) is 5. The Balaban J connectivity index is 1.37. The molecule has 0 saturated heterocycles. The highest BCUT2D eigenvalue weighted by Gasteiger charge is 2.29. The van der Waals surface area contributed by atoms with Gasteiger partial charge in [0.25, 0.3) is 0 Å². The predicted octanol–water partition coefficient (Wildman–Crippen LogP) is 5.83. The van der Waals surface area contributed by atoms with Gasteiger partial charge in [-0.3, -0.25) is 4.79 Å². The zero-order valence-corrected chi connectivity index (χ0v) is 19.5. The highest BCUT2D eigenvalue weighted by atomic mass is 32.1. The first kappa shape index (κ1) is 23.9.